The summed E-state index contributed by atoms with van der Waals surface area (Å²) >= 11 is 3.49. The van der Waals surface area contributed by atoms with Crippen molar-refractivity contribution in [2.75, 3.05) is 6.54 Å². The van der Waals surface area contributed by atoms with Crippen molar-refractivity contribution in [1.82, 2.24) is 4.90 Å². The zero-order valence-electron chi connectivity index (χ0n) is 9.03. The number of likely N-dealkylation sites (tertiary alicyclic amines) is 1. The summed E-state index contributed by atoms with van der Waals surface area (Å²) in [5, 5.41) is 0. The van der Waals surface area contributed by atoms with Gasteiger partial charge in [-0.25, -0.2) is 0 Å². The van der Waals surface area contributed by atoms with Gasteiger partial charge >= 0.3 is 0 Å². The third kappa shape index (κ3) is 2.44. The normalized spacial score (nSPS) is 21.2. The second-order valence-corrected chi connectivity index (χ2v) is 4.95. The van der Waals surface area contributed by atoms with Gasteiger partial charge in [0, 0.05) is 17.6 Å². The molecule has 86 valence electrons. The van der Waals surface area contributed by atoms with Crippen LogP contribution in [0.2, 0.25) is 0 Å². The second-order valence-electron chi connectivity index (χ2n) is 4.10. The lowest BCUT2D eigenvalue weighted by Crippen LogP contribution is -2.47. The van der Waals surface area contributed by atoms with E-state index >= 15 is 0 Å². The van der Waals surface area contributed by atoms with Crippen molar-refractivity contribution in [2.45, 2.75) is 25.4 Å². The Kier molecular flexibility index (Phi) is 3.61. The zero-order chi connectivity index (χ0) is 11.5. The van der Waals surface area contributed by atoms with E-state index in [2.05, 4.69) is 15.9 Å². The molecule has 2 rings (SSSR count). The highest BCUT2D eigenvalue weighted by molar-refractivity contribution is 9.10. The molecule has 1 atom stereocenters. The lowest BCUT2D eigenvalue weighted by Gasteiger charge is -2.30. The Bertz CT molecular complexity index is 394. The van der Waals surface area contributed by atoms with Gasteiger partial charge < -0.3 is 10.6 Å². The van der Waals surface area contributed by atoms with Crippen molar-refractivity contribution in [3.63, 3.8) is 0 Å². The average Bonchev–Trinajstić information content (AvgIpc) is 2.28. The highest BCUT2D eigenvalue weighted by Gasteiger charge is 2.25. The lowest BCUT2D eigenvalue weighted by atomic mass is 10.0. The predicted molar refractivity (Wildman–Crippen MR) is 66.8 cm³/mol. The van der Waals surface area contributed by atoms with Gasteiger partial charge in [-0.1, -0.05) is 34.1 Å². The quantitative estimate of drug-likeness (QED) is 0.901. The monoisotopic (exact) mass is 282 g/mol. The van der Waals surface area contributed by atoms with Crippen molar-refractivity contribution in [3.05, 3.63) is 34.3 Å². The summed E-state index contributed by atoms with van der Waals surface area (Å²) in [4.78, 5) is 13.7. The van der Waals surface area contributed by atoms with E-state index < -0.39 is 0 Å². The molecule has 1 saturated heterocycles. The van der Waals surface area contributed by atoms with Crippen LogP contribution in [0.15, 0.2) is 28.7 Å². The SMILES string of the molecule is NC1CCCN(Cc2ccccc2Br)C1=O. The maximum absolute atomic E-state index is 11.8. The van der Waals surface area contributed by atoms with E-state index in [9.17, 15) is 4.79 Å². The van der Waals surface area contributed by atoms with Gasteiger partial charge in [0.15, 0.2) is 0 Å². The van der Waals surface area contributed by atoms with Gasteiger partial charge in [-0.2, -0.15) is 0 Å². The number of carbonyl (C=O) groups is 1. The van der Waals surface area contributed by atoms with E-state index in [1.54, 1.807) is 0 Å². The van der Waals surface area contributed by atoms with Crippen LogP contribution in [0.25, 0.3) is 0 Å². The Morgan fingerprint density at radius 1 is 1.44 bits per heavy atom. The van der Waals surface area contributed by atoms with Crippen molar-refractivity contribution in [2.24, 2.45) is 5.73 Å². The van der Waals surface area contributed by atoms with Crippen LogP contribution in [-0.2, 0) is 11.3 Å². The molecule has 16 heavy (non-hydrogen) atoms. The smallest absolute Gasteiger partial charge is 0.239 e. The largest absolute Gasteiger partial charge is 0.337 e. The molecule has 0 bridgehead atoms. The van der Waals surface area contributed by atoms with E-state index in [-0.39, 0.29) is 11.9 Å². The number of hydrogen-bond acceptors (Lipinski definition) is 2. The molecule has 1 aliphatic rings. The molecule has 0 radical (unpaired) electrons. The Morgan fingerprint density at radius 2 is 2.19 bits per heavy atom. The highest BCUT2D eigenvalue weighted by Crippen LogP contribution is 2.20. The topological polar surface area (TPSA) is 46.3 Å². The number of piperidine rings is 1. The molecule has 1 aromatic carbocycles. The van der Waals surface area contributed by atoms with Crippen LogP contribution in [0.3, 0.4) is 0 Å². The molecule has 1 unspecified atom stereocenters. The standard InChI is InChI=1S/C12H15BrN2O/c13-10-5-2-1-4-9(10)8-15-7-3-6-11(14)12(15)16/h1-2,4-5,11H,3,6-8,14H2. The number of nitrogens with zero attached hydrogens (tertiary/aromatic N) is 1. The van der Waals surface area contributed by atoms with Gasteiger partial charge in [-0.3, -0.25) is 4.79 Å². The zero-order valence-corrected chi connectivity index (χ0v) is 10.6. The third-order valence-electron chi connectivity index (χ3n) is 2.89. The Morgan fingerprint density at radius 3 is 2.94 bits per heavy atom. The van der Waals surface area contributed by atoms with E-state index in [1.165, 1.54) is 0 Å². The van der Waals surface area contributed by atoms with Crippen LogP contribution in [-0.4, -0.2) is 23.4 Å². The van der Waals surface area contributed by atoms with Gasteiger partial charge in [0.1, 0.15) is 0 Å². The fourth-order valence-corrected chi connectivity index (χ4v) is 2.37. The van der Waals surface area contributed by atoms with Crippen LogP contribution in [0, 0.1) is 0 Å². The predicted octanol–water partition coefficient (Wildman–Crippen LogP) is 1.90. The van der Waals surface area contributed by atoms with Crippen LogP contribution < -0.4 is 5.73 Å². The van der Waals surface area contributed by atoms with E-state index in [1.807, 2.05) is 29.2 Å². The minimum absolute atomic E-state index is 0.0713. The number of rotatable bonds is 2. The van der Waals surface area contributed by atoms with Crippen LogP contribution >= 0.6 is 15.9 Å². The first-order valence-electron chi connectivity index (χ1n) is 5.46. The van der Waals surface area contributed by atoms with Crippen LogP contribution in [0.4, 0.5) is 0 Å². The van der Waals surface area contributed by atoms with Crippen LogP contribution in [0.1, 0.15) is 18.4 Å². The minimum Gasteiger partial charge on any atom is -0.337 e. The van der Waals surface area contributed by atoms with Crippen molar-refractivity contribution in [1.29, 1.82) is 0 Å². The van der Waals surface area contributed by atoms with E-state index in [0.29, 0.717) is 6.54 Å². The molecular weight excluding hydrogens is 268 g/mol. The van der Waals surface area contributed by atoms with E-state index in [0.717, 1.165) is 29.4 Å². The summed E-state index contributed by atoms with van der Waals surface area (Å²) in [5.41, 5.74) is 6.89. The summed E-state index contributed by atoms with van der Waals surface area (Å²) in [6.45, 7) is 1.46. The Labute approximate surface area is 104 Å². The van der Waals surface area contributed by atoms with Gasteiger partial charge in [0.25, 0.3) is 0 Å². The van der Waals surface area contributed by atoms with Gasteiger partial charge in [0.05, 0.1) is 6.04 Å². The molecule has 1 aromatic rings. The Hall–Kier alpha value is -0.870. The number of amides is 1. The van der Waals surface area contributed by atoms with Gasteiger partial charge in [-0.05, 0) is 24.5 Å². The number of halogens is 1. The molecule has 4 heteroatoms. The summed E-state index contributed by atoms with van der Waals surface area (Å²) in [6.07, 6.45) is 1.81. The van der Waals surface area contributed by atoms with Crippen molar-refractivity contribution in [3.8, 4) is 0 Å². The first-order valence-corrected chi connectivity index (χ1v) is 6.25. The summed E-state index contributed by atoms with van der Waals surface area (Å²) in [7, 11) is 0. The van der Waals surface area contributed by atoms with Gasteiger partial charge in [-0.15, -0.1) is 0 Å². The highest BCUT2D eigenvalue weighted by atomic mass is 79.9. The number of nitrogens with two attached hydrogens (primary N) is 1. The molecule has 1 amide bonds. The second kappa shape index (κ2) is 4.97. The summed E-state index contributed by atoms with van der Waals surface area (Å²) in [5.74, 6) is 0.0713. The molecule has 0 saturated carbocycles. The number of hydrogen-bond donors (Lipinski definition) is 1. The first-order chi connectivity index (χ1) is 7.68. The fraction of sp³-hybridized carbons (Fsp3) is 0.417. The molecular formula is C12H15BrN2O. The summed E-state index contributed by atoms with van der Waals surface area (Å²) < 4.78 is 1.04. The summed E-state index contributed by atoms with van der Waals surface area (Å²) in [6, 6.07) is 7.66. The lowest BCUT2D eigenvalue weighted by molar-refractivity contribution is -0.135. The average molecular weight is 283 g/mol. The van der Waals surface area contributed by atoms with Crippen molar-refractivity contribution >= 4 is 21.8 Å². The number of benzene rings is 1. The molecule has 1 fully saturated rings. The number of carbonyl (C=O) groups excluding carboxylic acids is 1. The third-order valence-corrected chi connectivity index (χ3v) is 3.66. The van der Waals surface area contributed by atoms with Crippen molar-refractivity contribution < 1.29 is 4.79 Å². The maximum atomic E-state index is 11.8. The molecule has 0 spiro atoms. The fourth-order valence-electron chi connectivity index (χ4n) is 1.96. The first kappa shape index (κ1) is 11.6. The maximum Gasteiger partial charge on any atom is 0.239 e. The molecule has 0 aromatic heterocycles. The molecule has 0 aliphatic carbocycles. The van der Waals surface area contributed by atoms with Crippen LogP contribution in [0.5, 0.6) is 0 Å². The minimum atomic E-state index is -0.309. The molecule has 2 N–H and O–H groups in total. The van der Waals surface area contributed by atoms with E-state index in [4.69, 9.17) is 5.73 Å². The Balaban J connectivity index is 2.10. The molecule has 1 heterocycles. The molecule has 1 aliphatic heterocycles. The van der Waals surface area contributed by atoms with Gasteiger partial charge in [0.2, 0.25) is 5.91 Å². The molecule has 3 nitrogen and oxygen atoms in total.